The second kappa shape index (κ2) is 8.08. The lowest BCUT2D eigenvalue weighted by Gasteiger charge is -2.28. The molecule has 8 heteroatoms. The number of anilines is 3. The Labute approximate surface area is 179 Å². The molecule has 0 spiro atoms. The van der Waals surface area contributed by atoms with Crippen LogP contribution in [-0.2, 0) is 4.74 Å². The number of amides is 1. The fraction of sp³-hybridized carbons (Fsp3) is 0.174. The van der Waals surface area contributed by atoms with Gasteiger partial charge < -0.3 is 20.7 Å². The summed E-state index contributed by atoms with van der Waals surface area (Å²) in [5.41, 5.74) is 10.4. The smallest absolute Gasteiger partial charge is 0.248 e. The molecule has 1 saturated heterocycles. The summed E-state index contributed by atoms with van der Waals surface area (Å²) in [7, 11) is 0. The first kappa shape index (κ1) is 19.1. The summed E-state index contributed by atoms with van der Waals surface area (Å²) in [6.45, 7) is 3.35. The van der Waals surface area contributed by atoms with Crippen LogP contribution < -0.4 is 16.0 Å². The van der Waals surface area contributed by atoms with Crippen LogP contribution in [0.25, 0.3) is 16.8 Å². The number of aromatic nitrogens is 3. The Balaban J connectivity index is 1.40. The lowest BCUT2D eigenvalue weighted by atomic mass is 10.1. The third-order valence-electron chi connectivity index (χ3n) is 5.34. The minimum Gasteiger partial charge on any atom is -0.378 e. The summed E-state index contributed by atoms with van der Waals surface area (Å²) < 4.78 is 7.13. The van der Waals surface area contributed by atoms with Gasteiger partial charge in [-0.3, -0.25) is 4.79 Å². The van der Waals surface area contributed by atoms with Gasteiger partial charge in [0, 0.05) is 41.8 Å². The summed E-state index contributed by atoms with van der Waals surface area (Å²) in [5, 5.41) is 7.73. The molecule has 2 aromatic heterocycles. The lowest BCUT2D eigenvalue weighted by Crippen LogP contribution is -2.36. The number of primary amides is 1. The average Bonchev–Trinajstić information content (AvgIpc) is 3.23. The van der Waals surface area contributed by atoms with Crippen LogP contribution in [0.4, 0.5) is 17.2 Å². The van der Waals surface area contributed by atoms with Gasteiger partial charge in [0.05, 0.1) is 19.4 Å². The van der Waals surface area contributed by atoms with Crippen molar-refractivity contribution in [3.05, 3.63) is 72.6 Å². The van der Waals surface area contributed by atoms with E-state index in [1.165, 1.54) is 5.69 Å². The van der Waals surface area contributed by atoms with Crippen LogP contribution in [0.5, 0.6) is 0 Å². The zero-order chi connectivity index (χ0) is 21.2. The van der Waals surface area contributed by atoms with Crippen molar-refractivity contribution in [2.24, 2.45) is 5.73 Å². The van der Waals surface area contributed by atoms with E-state index in [1.807, 2.05) is 30.5 Å². The molecule has 2 aromatic carbocycles. The van der Waals surface area contributed by atoms with E-state index in [1.54, 1.807) is 28.9 Å². The Morgan fingerprint density at radius 1 is 1.06 bits per heavy atom. The van der Waals surface area contributed by atoms with Gasteiger partial charge in [0.25, 0.3) is 0 Å². The maximum atomic E-state index is 11.5. The summed E-state index contributed by atoms with van der Waals surface area (Å²) in [5.74, 6) is 0.244. The number of morpholine rings is 1. The van der Waals surface area contributed by atoms with Crippen LogP contribution in [0.2, 0.25) is 0 Å². The molecule has 3 heterocycles. The standard InChI is InChI=1S/C23H22N6O2/c24-22(30)17-3-1-2-16(14-17)20-15-25-29-9-8-21(27-23(20)29)26-18-4-6-19(7-5-18)28-10-12-31-13-11-28/h1-9,14-15H,10-13H2,(H2,24,30)(H,26,27). The molecule has 3 N–H and O–H groups in total. The molecular formula is C23H22N6O2. The number of carbonyl (C=O) groups excluding carboxylic acids is 1. The highest BCUT2D eigenvalue weighted by Gasteiger charge is 2.12. The predicted octanol–water partition coefficient (Wildman–Crippen LogP) is 3.08. The van der Waals surface area contributed by atoms with Crippen molar-refractivity contribution in [3.8, 4) is 11.1 Å². The van der Waals surface area contributed by atoms with Gasteiger partial charge in [0.1, 0.15) is 5.82 Å². The zero-order valence-electron chi connectivity index (χ0n) is 16.9. The quantitative estimate of drug-likeness (QED) is 0.521. The monoisotopic (exact) mass is 414 g/mol. The van der Waals surface area contributed by atoms with Crippen LogP contribution in [0.1, 0.15) is 10.4 Å². The predicted molar refractivity (Wildman–Crippen MR) is 120 cm³/mol. The molecule has 0 aliphatic carbocycles. The van der Waals surface area contributed by atoms with Gasteiger partial charge in [-0.2, -0.15) is 5.10 Å². The molecule has 1 amide bonds. The number of carbonyl (C=O) groups is 1. The fourth-order valence-electron chi connectivity index (χ4n) is 3.71. The molecule has 8 nitrogen and oxygen atoms in total. The first-order valence-corrected chi connectivity index (χ1v) is 10.1. The average molecular weight is 414 g/mol. The van der Waals surface area contributed by atoms with Crippen molar-refractivity contribution in [2.75, 3.05) is 36.5 Å². The van der Waals surface area contributed by atoms with Crippen LogP contribution in [0.15, 0.2) is 67.0 Å². The van der Waals surface area contributed by atoms with E-state index in [4.69, 9.17) is 15.5 Å². The molecule has 0 atom stereocenters. The number of hydrogen-bond acceptors (Lipinski definition) is 6. The summed E-state index contributed by atoms with van der Waals surface area (Å²) in [6, 6.07) is 17.3. The number of nitrogens with two attached hydrogens (primary N) is 1. The number of nitrogens with zero attached hydrogens (tertiary/aromatic N) is 4. The number of fused-ring (bicyclic) bond motifs is 1. The van der Waals surface area contributed by atoms with E-state index in [0.717, 1.165) is 43.1 Å². The number of hydrogen-bond donors (Lipinski definition) is 2. The first-order valence-electron chi connectivity index (χ1n) is 10.1. The highest BCUT2D eigenvalue weighted by Crippen LogP contribution is 2.26. The molecule has 1 fully saturated rings. The van der Waals surface area contributed by atoms with Gasteiger partial charge in [0.15, 0.2) is 5.65 Å². The molecule has 5 rings (SSSR count). The van der Waals surface area contributed by atoms with Crippen LogP contribution in [-0.4, -0.2) is 46.8 Å². The Hall–Kier alpha value is -3.91. The van der Waals surface area contributed by atoms with E-state index >= 15 is 0 Å². The van der Waals surface area contributed by atoms with Gasteiger partial charge in [-0.25, -0.2) is 9.50 Å². The number of nitrogens with one attached hydrogen (secondary N) is 1. The molecule has 31 heavy (non-hydrogen) atoms. The van der Waals surface area contributed by atoms with Gasteiger partial charge in [0.2, 0.25) is 5.91 Å². The molecule has 0 unspecified atom stereocenters. The van der Waals surface area contributed by atoms with E-state index in [9.17, 15) is 4.79 Å². The molecular weight excluding hydrogens is 392 g/mol. The molecule has 1 aliphatic heterocycles. The number of ether oxygens (including phenoxy) is 1. The van der Waals surface area contributed by atoms with E-state index < -0.39 is 5.91 Å². The van der Waals surface area contributed by atoms with E-state index in [-0.39, 0.29) is 0 Å². The third-order valence-corrected chi connectivity index (χ3v) is 5.34. The van der Waals surface area contributed by atoms with Crippen molar-refractivity contribution in [3.63, 3.8) is 0 Å². The van der Waals surface area contributed by atoms with Crippen molar-refractivity contribution in [1.29, 1.82) is 0 Å². The second-order valence-electron chi connectivity index (χ2n) is 7.36. The summed E-state index contributed by atoms with van der Waals surface area (Å²) >= 11 is 0. The molecule has 156 valence electrons. The SMILES string of the molecule is NC(=O)c1cccc(-c2cnn3ccc(Nc4ccc(N5CCOCC5)cc4)nc23)c1. The molecule has 1 aliphatic rings. The van der Waals surface area contributed by atoms with Crippen LogP contribution >= 0.6 is 0 Å². The zero-order valence-corrected chi connectivity index (χ0v) is 16.9. The molecule has 0 radical (unpaired) electrons. The van der Waals surface area contributed by atoms with E-state index in [2.05, 4.69) is 27.4 Å². The van der Waals surface area contributed by atoms with Crippen molar-refractivity contribution < 1.29 is 9.53 Å². The van der Waals surface area contributed by atoms with Crippen LogP contribution in [0, 0.1) is 0 Å². The number of benzene rings is 2. The van der Waals surface area contributed by atoms with Crippen molar-refractivity contribution in [1.82, 2.24) is 14.6 Å². The molecule has 0 bridgehead atoms. The fourth-order valence-corrected chi connectivity index (χ4v) is 3.71. The van der Waals surface area contributed by atoms with Gasteiger partial charge in [-0.05, 0) is 48.0 Å². The summed E-state index contributed by atoms with van der Waals surface area (Å²) in [4.78, 5) is 18.6. The third kappa shape index (κ3) is 3.93. The minimum absolute atomic E-state index is 0.450. The maximum Gasteiger partial charge on any atom is 0.248 e. The Morgan fingerprint density at radius 3 is 2.65 bits per heavy atom. The van der Waals surface area contributed by atoms with E-state index in [0.29, 0.717) is 17.0 Å². The maximum absolute atomic E-state index is 11.5. The Bertz CT molecular complexity index is 1230. The first-order chi connectivity index (χ1) is 15.2. The van der Waals surface area contributed by atoms with Crippen molar-refractivity contribution in [2.45, 2.75) is 0 Å². The number of rotatable bonds is 5. The van der Waals surface area contributed by atoms with Gasteiger partial charge >= 0.3 is 0 Å². The highest BCUT2D eigenvalue weighted by atomic mass is 16.5. The Morgan fingerprint density at radius 2 is 1.87 bits per heavy atom. The molecule has 4 aromatic rings. The topological polar surface area (TPSA) is 97.8 Å². The van der Waals surface area contributed by atoms with Crippen LogP contribution in [0.3, 0.4) is 0 Å². The normalized spacial score (nSPS) is 14.0. The summed E-state index contributed by atoms with van der Waals surface area (Å²) in [6.07, 6.45) is 3.59. The highest BCUT2D eigenvalue weighted by molar-refractivity contribution is 5.94. The van der Waals surface area contributed by atoms with Crippen molar-refractivity contribution >= 4 is 28.7 Å². The minimum atomic E-state index is -0.464. The van der Waals surface area contributed by atoms with Gasteiger partial charge in [-0.1, -0.05) is 12.1 Å². The largest absolute Gasteiger partial charge is 0.378 e. The van der Waals surface area contributed by atoms with Gasteiger partial charge in [-0.15, -0.1) is 0 Å². The Kier molecular flexibility index (Phi) is 4.97. The molecule has 0 saturated carbocycles. The lowest BCUT2D eigenvalue weighted by molar-refractivity contribution is 0.100. The second-order valence-corrected chi connectivity index (χ2v) is 7.36.